The number of hydrogen-bond acceptors (Lipinski definition) is 1. The topological polar surface area (TPSA) is 23.1 Å². The third-order valence-electron chi connectivity index (χ3n) is 0.230. The first-order valence-corrected chi connectivity index (χ1v) is 1.93. The van der Waals surface area contributed by atoms with Crippen LogP contribution >= 0.6 is 11.6 Å². The predicted octanol–water partition coefficient (Wildman–Crippen LogP) is -0.0260. The van der Waals surface area contributed by atoms with Gasteiger partial charge in [0.25, 0.3) is 0 Å². The van der Waals surface area contributed by atoms with Crippen LogP contribution in [0.4, 0.5) is 0 Å². The minimum atomic E-state index is -0.199. The van der Waals surface area contributed by atoms with Gasteiger partial charge in [-0.3, -0.25) is 0 Å². The van der Waals surface area contributed by atoms with E-state index in [1.54, 1.807) is 6.92 Å². The Bertz CT molecular complexity index is 20.9. The molecular formula is C3H6ClO-. The molecule has 0 aliphatic rings. The highest BCUT2D eigenvalue weighted by atomic mass is 35.5. The Balaban J connectivity index is 2.54. The maximum Gasteiger partial charge on any atom is 0.0155 e. The average molecular weight is 93.5 g/mol. The molecule has 2 heteroatoms. The van der Waals surface area contributed by atoms with Crippen LogP contribution in [0.2, 0.25) is 0 Å². The summed E-state index contributed by atoms with van der Waals surface area (Å²) in [7, 11) is 0. The molecule has 0 unspecified atom stereocenters. The molecule has 0 aromatic heterocycles. The lowest BCUT2D eigenvalue weighted by Crippen LogP contribution is -2.14. The lowest BCUT2D eigenvalue weighted by atomic mass is 10.5. The zero-order valence-corrected chi connectivity index (χ0v) is 3.83. The van der Waals surface area contributed by atoms with Crippen molar-refractivity contribution >= 4 is 11.6 Å². The molecule has 0 aliphatic carbocycles. The van der Waals surface area contributed by atoms with Crippen LogP contribution in [0.1, 0.15) is 6.92 Å². The first kappa shape index (κ1) is 5.25. The summed E-state index contributed by atoms with van der Waals surface area (Å²) in [5.74, 6) is 0. The van der Waals surface area contributed by atoms with Crippen molar-refractivity contribution in [1.82, 2.24) is 0 Å². The first-order valence-electron chi connectivity index (χ1n) is 1.49. The van der Waals surface area contributed by atoms with E-state index in [4.69, 9.17) is 11.6 Å². The Morgan fingerprint density at radius 2 is 2.20 bits per heavy atom. The zero-order chi connectivity index (χ0) is 4.28. The third-order valence-corrected chi connectivity index (χ3v) is 0.356. The fraction of sp³-hybridized carbons (Fsp3) is 1.00. The highest BCUT2D eigenvalue weighted by Crippen LogP contribution is 1.84. The molecule has 0 N–H and O–H groups in total. The van der Waals surface area contributed by atoms with Crippen LogP contribution in [-0.2, 0) is 0 Å². The van der Waals surface area contributed by atoms with Crippen molar-refractivity contribution in [2.75, 3.05) is 6.61 Å². The van der Waals surface area contributed by atoms with Gasteiger partial charge in [0.15, 0.2) is 0 Å². The Kier molecular flexibility index (Phi) is 2.61. The largest absolute Gasteiger partial charge is 0.853 e. The van der Waals surface area contributed by atoms with Gasteiger partial charge < -0.3 is 5.11 Å². The zero-order valence-electron chi connectivity index (χ0n) is 3.07. The SMILES string of the molecule is C[C@H](Cl)C[O-]. The van der Waals surface area contributed by atoms with Gasteiger partial charge in [0.05, 0.1) is 0 Å². The molecule has 0 saturated heterocycles. The standard InChI is InChI=1S/C3H6ClO/c1-3(4)2-5/h3H,2H2,1H3/q-1/t3-/m0/s1. The summed E-state index contributed by atoms with van der Waals surface area (Å²) in [5.41, 5.74) is 0. The van der Waals surface area contributed by atoms with E-state index in [9.17, 15) is 5.11 Å². The number of halogens is 1. The molecule has 1 atom stereocenters. The van der Waals surface area contributed by atoms with Crippen LogP contribution in [-0.4, -0.2) is 12.0 Å². The summed E-state index contributed by atoms with van der Waals surface area (Å²) in [6, 6.07) is 0. The van der Waals surface area contributed by atoms with E-state index < -0.39 is 0 Å². The minimum Gasteiger partial charge on any atom is -0.853 e. The van der Waals surface area contributed by atoms with Crippen molar-refractivity contribution in [3.05, 3.63) is 0 Å². The number of rotatable bonds is 1. The molecule has 32 valence electrons. The summed E-state index contributed by atoms with van der Waals surface area (Å²) in [6.07, 6.45) is 0. The second-order valence-electron chi connectivity index (χ2n) is 0.947. The second-order valence-corrected chi connectivity index (χ2v) is 1.69. The molecule has 0 saturated carbocycles. The molecule has 0 fully saturated rings. The summed E-state index contributed by atoms with van der Waals surface area (Å²) >= 11 is 5.15. The molecule has 1 nitrogen and oxygen atoms in total. The molecule has 0 radical (unpaired) electrons. The normalized spacial score (nSPS) is 15.0. The monoisotopic (exact) mass is 93.0 g/mol. The molecule has 0 heterocycles. The van der Waals surface area contributed by atoms with Gasteiger partial charge in [-0.1, -0.05) is 6.92 Å². The summed E-state index contributed by atoms with van der Waals surface area (Å²) in [4.78, 5) is 0. The van der Waals surface area contributed by atoms with Gasteiger partial charge in [0.2, 0.25) is 0 Å². The van der Waals surface area contributed by atoms with Crippen molar-refractivity contribution in [2.24, 2.45) is 0 Å². The van der Waals surface area contributed by atoms with Gasteiger partial charge in [0, 0.05) is 5.38 Å². The van der Waals surface area contributed by atoms with Crippen molar-refractivity contribution in [2.45, 2.75) is 12.3 Å². The van der Waals surface area contributed by atoms with E-state index in [1.807, 2.05) is 0 Å². The Morgan fingerprint density at radius 3 is 2.20 bits per heavy atom. The van der Waals surface area contributed by atoms with Crippen LogP contribution in [0.25, 0.3) is 0 Å². The Morgan fingerprint density at radius 1 is 2.00 bits per heavy atom. The molecular weight excluding hydrogens is 87.5 g/mol. The quantitative estimate of drug-likeness (QED) is 0.418. The molecule has 5 heavy (non-hydrogen) atoms. The third kappa shape index (κ3) is 4.25. The van der Waals surface area contributed by atoms with Crippen LogP contribution < -0.4 is 5.11 Å². The molecule has 0 aromatic rings. The summed E-state index contributed by atoms with van der Waals surface area (Å²) < 4.78 is 0. The van der Waals surface area contributed by atoms with E-state index in [1.165, 1.54) is 0 Å². The number of hydrogen-bond donors (Lipinski definition) is 0. The average Bonchev–Trinajstić information content (AvgIpc) is 1.38. The summed E-state index contributed by atoms with van der Waals surface area (Å²) in [5, 5.41) is 9.30. The molecule has 0 aliphatic heterocycles. The van der Waals surface area contributed by atoms with Crippen LogP contribution in [0.15, 0.2) is 0 Å². The Labute approximate surface area is 36.6 Å². The van der Waals surface area contributed by atoms with Crippen LogP contribution in [0.3, 0.4) is 0 Å². The van der Waals surface area contributed by atoms with Gasteiger partial charge in [-0.15, -0.1) is 18.2 Å². The van der Waals surface area contributed by atoms with Crippen LogP contribution in [0.5, 0.6) is 0 Å². The van der Waals surface area contributed by atoms with Gasteiger partial charge in [-0.2, -0.15) is 0 Å². The van der Waals surface area contributed by atoms with Gasteiger partial charge in [-0.05, 0) is 0 Å². The lowest BCUT2D eigenvalue weighted by Gasteiger charge is -2.01. The number of alkyl halides is 1. The van der Waals surface area contributed by atoms with E-state index in [2.05, 4.69) is 0 Å². The fourth-order valence-corrected chi connectivity index (χ4v) is 0. The predicted molar refractivity (Wildman–Crippen MR) is 20.2 cm³/mol. The molecule has 0 bridgehead atoms. The Hall–Kier alpha value is 0.250. The van der Waals surface area contributed by atoms with Crippen molar-refractivity contribution in [3.63, 3.8) is 0 Å². The molecule has 0 aromatic carbocycles. The maximum atomic E-state index is 9.50. The highest BCUT2D eigenvalue weighted by molar-refractivity contribution is 6.20. The van der Waals surface area contributed by atoms with Gasteiger partial charge in [-0.25, -0.2) is 0 Å². The maximum absolute atomic E-state index is 9.50. The smallest absolute Gasteiger partial charge is 0.0155 e. The highest BCUT2D eigenvalue weighted by Gasteiger charge is 1.76. The van der Waals surface area contributed by atoms with Gasteiger partial charge >= 0.3 is 0 Å². The van der Waals surface area contributed by atoms with E-state index in [-0.39, 0.29) is 12.0 Å². The molecule has 0 amide bonds. The van der Waals surface area contributed by atoms with Gasteiger partial charge in [0.1, 0.15) is 0 Å². The fourth-order valence-electron chi connectivity index (χ4n) is 0. The van der Waals surface area contributed by atoms with Crippen molar-refractivity contribution < 1.29 is 5.11 Å². The van der Waals surface area contributed by atoms with E-state index in [0.717, 1.165) is 0 Å². The van der Waals surface area contributed by atoms with E-state index in [0.29, 0.717) is 0 Å². The minimum absolute atomic E-state index is 0.179. The van der Waals surface area contributed by atoms with Crippen molar-refractivity contribution in [3.8, 4) is 0 Å². The second kappa shape index (κ2) is 2.49. The molecule has 0 rings (SSSR count). The first-order chi connectivity index (χ1) is 2.27. The van der Waals surface area contributed by atoms with Crippen molar-refractivity contribution in [1.29, 1.82) is 0 Å². The van der Waals surface area contributed by atoms with E-state index >= 15 is 0 Å². The van der Waals surface area contributed by atoms with Crippen LogP contribution in [0, 0.1) is 0 Å². The lowest BCUT2D eigenvalue weighted by molar-refractivity contribution is -0.366. The summed E-state index contributed by atoms with van der Waals surface area (Å²) in [6.45, 7) is 1.50. The molecule has 0 spiro atoms.